The minimum atomic E-state index is -0.805. The van der Waals surface area contributed by atoms with E-state index >= 15 is 0 Å². The Morgan fingerprint density at radius 3 is 2.31 bits per heavy atom. The first kappa shape index (κ1) is 12.4. The SMILES string of the molecule is CC(CN(C)C(C)(C)CO)C(=O)O. The lowest BCUT2D eigenvalue weighted by Gasteiger charge is -2.34. The van der Waals surface area contributed by atoms with Crippen molar-refractivity contribution in [3.63, 3.8) is 0 Å². The van der Waals surface area contributed by atoms with Crippen molar-refractivity contribution in [2.24, 2.45) is 5.92 Å². The molecule has 0 fully saturated rings. The van der Waals surface area contributed by atoms with Crippen LogP contribution in [-0.2, 0) is 4.79 Å². The maximum absolute atomic E-state index is 10.6. The van der Waals surface area contributed by atoms with Crippen molar-refractivity contribution < 1.29 is 15.0 Å². The summed E-state index contributed by atoms with van der Waals surface area (Å²) in [6, 6.07) is 0. The zero-order valence-electron chi connectivity index (χ0n) is 8.74. The fraction of sp³-hybridized carbons (Fsp3) is 0.889. The molecule has 0 rings (SSSR count). The number of aliphatic carboxylic acids is 1. The summed E-state index contributed by atoms with van der Waals surface area (Å²) in [7, 11) is 1.82. The van der Waals surface area contributed by atoms with Gasteiger partial charge in [0.15, 0.2) is 0 Å². The molecule has 0 aliphatic rings. The largest absolute Gasteiger partial charge is 0.481 e. The molecule has 2 N–H and O–H groups in total. The third-order valence-electron chi connectivity index (χ3n) is 2.39. The maximum atomic E-state index is 10.6. The number of carbonyl (C=O) groups is 1. The van der Waals surface area contributed by atoms with Crippen LogP contribution in [0.4, 0.5) is 0 Å². The van der Waals surface area contributed by atoms with E-state index in [0.717, 1.165) is 0 Å². The van der Waals surface area contributed by atoms with E-state index in [1.165, 1.54) is 0 Å². The molecule has 0 amide bonds. The quantitative estimate of drug-likeness (QED) is 0.657. The van der Waals surface area contributed by atoms with Gasteiger partial charge in [-0.2, -0.15) is 0 Å². The van der Waals surface area contributed by atoms with Crippen molar-refractivity contribution in [3.05, 3.63) is 0 Å². The van der Waals surface area contributed by atoms with Gasteiger partial charge in [-0.25, -0.2) is 0 Å². The zero-order chi connectivity index (χ0) is 10.6. The second-order valence-corrected chi connectivity index (χ2v) is 4.09. The van der Waals surface area contributed by atoms with Gasteiger partial charge < -0.3 is 10.2 Å². The molecule has 0 aromatic heterocycles. The van der Waals surface area contributed by atoms with Gasteiger partial charge in [0.25, 0.3) is 0 Å². The molecular weight excluding hydrogens is 170 g/mol. The number of rotatable bonds is 5. The number of carboxylic acids is 1. The molecule has 1 atom stereocenters. The Kier molecular flexibility index (Phi) is 4.36. The Bertz CT molecular complexity index is 180. The maximum Gasteiger partial charge on any atom is 0.307 e. The molecule has 0 aromatic carbocycles. The lowest BCUT2D eigenvalue weighted by Crippen LogP contribution is -2.46. The molecule has 0 radical (unpaired) electrons. The molecule has 0 saturated heterocycles. The summed E-state index contributed by atoms with van der Waals surface area (Å²) in [5.74, 6) is -1.21. The molecule has 0 bridgehead atoms. The highest BCUT2D eigenvalue weighted by Gasteiger charge is 2.25. The lowest BCUT2D eigenvalue weighted by atomic mass is 10.0. The Morgan fingerprint density at radius 2 is 2.00 bits per heavy atom. The van der Waals surface area contributed by atoms with Crippen molar-refractivity contribution in [1.82, 2.24) is 4.90 Å². The summed E-state index contributed by atoms with van der Waals surface area (Å²) in [4.78, 5) is 12.4. The second-order valence-electron chi connectivity index (χ2n) is 4.09. The van der Waals surface area contributed by atoms with Crippen LogP contribution in [0.5, 0.6) is 0 Å². The van der Waals surface area contributed by atoms with Crippen molar-refractivity contribution in [2.75, 3.05) is 20.2 Å². The van der Waals surface area contributed by atoms with Gasteiger partial charge in [-0.05, 0) is 20.9 Å². The molecule has 1 unspecified atom stereocenters. The molecule has 0 aliphatic carbocycles. The van der Waals surface area contributed by atoms with Gasteiger partial charge >= 0.3 is 5.97 Å². The predicted molar refractivity (Wildman–Crippen MR) is 50.6 cm³/mol. The van der Waals surface area contributed by atoms with Gasteiger partial charge in [0, 0.05) is 12.1 Å². The van der Waals surface area contributed by atoms with Gasteiger partial charge in [-0.15, -0.1) is 0 Å². The van der Waals surface area contributed by atoms with Crippen LogP contribution >= 0.6 is 0 Å². The first-order valence-electron chi connectivity index (χ1n) is 4.36. The zero-order valence-corrected chi connectivity index (χ0v) is 8.74. The Hall–Kier alpha value is -0.610. The topological polar surface area (TPSA) is 60.8 Å². The Balaban J connectivity index is 4.14. The number of aliphatic hydroxyl groups is 1. The highest BCUT2D eigenvalue weighted by Crippen LogP contribution is 2.12. The fourth-order valence-corrected chi connectivity index (χ4v) is 0.857. The van der Waals surface area contributed by atoms with Crippen molar-refractivity contribution in [1.29, 1.82) is 0 Å². The number of aliphatic hydroxyl groups excluding tert-OH is 1. The van der Waals surface area contributed by atoms with Gasteiger partial charge in [0.05, 0.1) is 12.5 Å². The standard InChI is InChI=1S/C9H19NO3/c1-7(8(12)13)5-10(4)9(2,3)6-11/h7,11H,5-6H2,1-4H3,(H,12,13). The molecule has 0 heterocycles. The van der Waals surface area contributed by atoms with E-state index in [-0.39, 0.29) is 12.1 Å². The molecule has 0 saturated carbocycles. The molecule has 0 spiro atoms. The molecular formula is C9H19NO3. The number of hydrogen-bond donors (Lipinski definition) is 2. The van der Waals surface area contributed by atoms with Crippen molar-refractivity contribution in [3.8, 4) is 0 Å². The summed E-state index contributed by atoms with van der Waals surface area (Å²) in [6.45, 7) is 5.88. The average Bonchev–Trinajstić information content (AvgIpc) is 2.04. The summed E-state index contributed by atoms with van der Waals surface area (Å²) in [5.41, 5.74) is -0.357. The molecule has 0 aliphatic heterocycles. The molecule has 4 nitrogen and oxygen atoms in total. The molecule has 0 aromatic rings. The van der Waals surface area contributed by atoms with E-state index in [9.17, 15) is 4.79 Å². The fourth-order valence-electron chi connectivity index (χ4n) is 0.857. The first-order chi connectivity index (χ1) is 5.81. The van der Waals surface area contributed by atoms with Gasteiger partial charge in [0.2, 0.25) is 0 Å². The highest BCUT2D eigenvalue weighted by atomic mass is 16.4. The third kappa shape index (κ3) is 3.74. The monoisotopic (exact) mass is 189 g/mol. The smallest absolute Gasteiger partial charge is 0.307 e. The van der Waals surface area contributed by atoms with Crippen LogP contribution in [0.15, 0.2) is 0 Å². The van der Waals surface area contributed by atoms with Gasteiger partial charge in [0.1, 0.15) is 0 Å². The van der Waals surface area contributed by atoms with E-state index in [1.54, 1.807) is 6.92 Å². The number of carboxylic acid groups (broad SMARTS) is 1. The van der Waals surface area contributed by atoms with E-state index in [0.29, 0.717) is 6.54 Å². The summed E-state index contributed by atoms with van der Waals surface area (Å²) < 4.78 is 0. The minimum absolute atomic E-state index is 0.0236. The second kappa shape index (κ2) is 4.58. The van der Waals surface area contributed by atoms with E-state index in [1.807, 2.05) is 25.8 Å². The Labute approximate surface area is 79.2 Å². The van der Waals surface area contributed by atoms with Gasteiger partial charge in [-0.1, -0.05) is 6.92 Å². The van der Waals surface area contributed by atoms with E-state index < -0.39 is 11.9 Å². The van der Waals surface area contributed by atoms with Crippen LogP contribution in [0, 0.1) is 5.92 Å². The lowest BCUT2D eigenvalue weighted by molar-refractivity contribution is -0.142. The Morgan fingerprint density at radius 1 is 1.54 bits per heavy atom. The predicted octanol–water partition coefficient (Wildman–Crippen LogP) is 0.410. The van der Waals surface area contributed by atoms with Crippen LogP contribution < -0.4 is 0 Å². The molecule has 13 heavy (non-hydrogen) atoms. The minimum Gasteiger partial charge on any atom is -0.481 e. The van der Waals surface area contributed by atoms with Crippen LogP contribution in [0.2, 0.25) is 0 Å². The number of nitrogens with zero attached hydrogens (tertiary/aromatic N) is 1. The normalized spacial score (nSPS) is 14.6. The van der Waals surface area contributed by atoms with E-state index in [4.69, 9.17) is 10.2 Å². The summed E-state index contributed by atoms with van der Waals surface area (Å²) >= 11 is 0. The number of likely N-dealkylation sites (N-methyl/N-ethyl adjacent to an activating group) is 1. The average molecular weight is 189 g/mol. The van der Waals surface area contributed by atoms with Crippen molar-refractivity contribution >= 4 is 5.97 Å². The van der Waals surface area contributed by atoms with Crippen molar-refractivity contribution in [2.45, 2.75) is 26.3 Å². The number of hydrogen-bond acceptors (Lipinski definition) is 3. The summed E-state index contributed by atoms with van der Waals surface area (Å²) in [6.07, 6.45) is 0. The van der Waals surface area contributed by atoms with E-state index in [2.05, 4.69) is 0 Å². The third-order valence-corrected chi connectivity index (χ3v) is 2.39. The first-order valence-corrected chi connectivity index (χ1v) is 4.36. The highest BCUT2D eigenvalue weighted by molar-refractivity contribution is 5.69. The van der Waals surface area contributed by atoms with Crippen LogP contribution in [0.3, 0.4) is 0 Å². The molecule has 78 valence electrons. The van der Waals surface area contributed by atoms with Crippen LogP contribution in [-0.4, -0.2) is 46.8 Å². The van der Waals surface area contributed by atoms with Crippen LogP contribution in [0.25, 0.3) is 0 Å². The molecule has 4 heteroatoms. The van der Waals surface area contributed by atoms with Gasteiger partial charge in [-0.3, -0.25) is 9.69 Å². The van der Waals surface area contributed by atoms with Crippen LogP contribution in [0.1, 0.15) is 20.8 Å². The summed E-state index contributed by atoms with van der Waals surface area (Å²) in [5, 5.41) is 17.7.